The number of rotatable bonds is 6. The number of amides is 1. The summed E-state index contributed by atoms with van der Waals surface area (Å²) >= 11 is 0. The van der Waals surface area contributed by atoms with Crippen LogP contribution in [-0.2, 0) is 4.79 Å². The maximum Gasteiger partial charge on any atom is 0.292 e. The summed E-state index contributed by atoms with van der Waals surface area (Å²) in [5.74, 6) is 0.284. The fraction of sp³-hybridized carbons (Fsp3) is 0.333. The second kappa shape index (κ2) is 8.43. The predicted molar refractivity (Wildman–Crippen MR) is 99.2 cm³/mol. The number of aromatic nitrogens is 1. The van der Waals surface area contributed by atoms with E-state index in [2.05, 4.69) is 15.2 Å². The van der Waals surface area contributed by atoms with Crippen LogP contribution in [0.3, 0.4) is 0 Å². The van der Waals surface area contributed by atoms with E-state index < -0.39 is 10.7 Å². The molecule has 0 unspecified atom stereocenters. The number of benzene rings is 1. The van der Waals surface area contributed by atoms with Gasteiger partial charge in [-0.05, 0) is 18.2 Å². The second-order valence-corrected chi connectivity index (χ2v) is 6.15. The van der Waals surface area contributed by atoms with Crippen molar-refractivity contribution in [2.45, 2.75) is 6.42 Å². The molecule has 1 saturated heterocycles. The normalized spacial score (nSPS) is 14.1. The number of carbonyl (C=O) groups is 1. The quantitative estimate of drug-likeness (QED) is 0.617. The van der Waals surface area contributed by atoms with Crippen molar-refractivity contribution < 1.29 is 14.1 Å². The molecule has 3 rings (SSSR count). The molecule has 1 N–H and O–H groups in total. The van der Waals surface area contributed by atoms with E-state index in [9.17, 15) is 19.3 Å². The van der Waals surface area contributed by atoms with Crippen LogP contribution in [0, 0.1) is 15.9 Å². The first-order valence-electron chi connectivity index (χ1n) is 8.66. The summed E-state index contributed by atoms with van der Waals surface area (Å²) in [4.78, 5) is 31.0. The number of nitro groups is 1. The van der Waals surface area contributed by atoms with Crippen LogP contribution in [0.5, 0.6) is 0 Å². The summed E-state index contributed by atoms with van der Waals surface area (Å²) in [6, 6.07) is 8.93. The Morgan fingerprint density at radius 1 is 1.22 bits per heavy atom. The fourth-order valence-corrected chi connectivity index (χ4v) is 3.00. The molecule has 1 aromatic carbocycles. The first kappa shape index (κ1) is 18.6. The molecule has 1 amide bonds. The zero-order valence-electron chi connectivity index (χ0n) is 14.7. The lowest BCUT2D eigenvalue weighted by molar-refractivity contribution is -0.384. The van der Waals surface area contributed by atoms with Crippen molar-refractivity contribution in [1.29, 1.82) is 0 Å². The van der Waals surface area contributed by atoms with Gasteiger partial charge in [-0.25, -0.2) is 9.37 Å². The topological polar surface area (TPSA) is 91.6 Å². The van der Waals surface area contributed by atoms with Crippen LogP contribution in [0.2, 0.25) is 0 Å². The molecule has 2 heterocycles. The molecular formula is C18H20FN5O3. The van der Waals surface area contributed by atoms with Gasteiger partial charge in [0.2, 0.25) is 5.91 Å². The Bertz CT molecular complexity index is 810. The van der Waals surface area contributed by atoms with Crippen LogP contribution in [-0.4, -0.2) is 53.4 Å². The van der Waals surface area contributed by atoms with E-state index in [4.69, 9.17) is 0 Å². The molecule has 1 fully saturated rings. The molecule has 27 heavy (non-hydrogen) atoms. The Labute approximate surface area is 155 Å². The van der Waals surface area contributed by atoms with Gasteiger partial charge >= 0.3 is 0 Å². The zero-order chi connectivity index (χ0) is 19.2. The number of nitrogens with zero attached hydrogens (tertiary/aromatic N) is 4. The number of pyridine rings is 1. The van der Waals surface area contributed by atoms with E-state index >= 15 is 0 Å². The molecular weight excluding hydrogens is 353 g/mol. The molecule has 0 spiro atoms. The zero-order valence-corrected chi connectivity index (χ0v) is 14.7. The minimum Gasteiger partial charge on any atom is -0.379 e. The van der Waals surface area contributed by atoms with Gasteiger partial charge in [-0.2, -0.15) is 0 Å². The summed E-state index contributed by atoms with van der Waals surface area (Å²) in [7, 11) is 0. The van der Waals surface area contributed by atoms with Crippen LogP contribution < -0.4 is 10.2 Å². The average molecular weight is 373 g/mol. The summed E-state index contributed by atoms with van der Waals surface area (Å²) in [5, 5.41) is 13.8. The molecule has 1 aliphatic rings. The molecule has 142 valence electrons. The van der Waals surface area contributed by atoms with Crippen LogP contribution in [0.15, 0.2) is 42.6 Å². The number of carbonyl (C=O) groups excluding carboxylic acids is 1. The minimum atomic E-state index is -0.583. The van der Waals surface area contributed by atoms with E-state index in [1.165, 1.54) is 0 Å². The van der Waals surface area contributed by atoms with Gasteiger partial charge in [0, 0.05) is 57.5 Å². The summed E-state index contributed by atoms with van der Waals surface area (Å²) in [5.41, 5.74) is -0.138. The largest absolute Gasteiger partial charge is 0.379 e. The number of hydrogen-bond donors (Lipinski definition) is 1. The molecule has 0 atom stereocenters. The third-order valence-electron chi connectivity index (χ3n) is 4.42. The predicted octanol–water partition coefficient (Wildman–Crippen LogP) is 2.28. The Morgan fingerprint density at radius 2 is 2.00 bits per heavy atom. The fourth-order valence-electron chi connectivity index (χ4n) is 3.00. The van der Waals surface area contributed by atoms with Crippen molar-refractivity contribution >= 4 is 23.1 Å². The lowest BCUT2D eigenvalue weighted by atomic mass is 10.2. The molecule has 0 radical (unpaired) electrons. The van der Waals surface area contributed by atoms with Gasteiger partial charge in [-0.1, -0.05) is 6.07 Å². The van der Waals surface area contributed by atoms with Gasteiger partial charge in [-0.15, -0.1) is 0 Å². The van der Waals surface area contributed by atoms with Crippen molar-refractivity contribution in [3.8, 4) is 0 Å². The van der Waals surface area contributed by atoms with Gasteiger partial charge in [0.15, 0.2) is 0 Å². The number of nitro benzene ring substituents is 1. The first-order valence-corrected chi connectivity index (χ1v) is 8.66. The van der Waals surface area contributed by atoms with Crippen molar-refractivity contribution in [2.24, 2.45) is 0 Å². The highest BCUT2D eigenvalue weighted by Crippen LogP contribution is 2.24. The van der Waals surface area contributed by atoms with Gasteiger partial charge in [-0.3, -0.25) is 14.9 Å². The van der Waals surface area contributed by atoms with Gasteiger partial charge < -0.3 is 15.1 Å². The highest BCUT2D eigenvalue weighted by molar-refractivity contribution is 5.77. The van der Waals surface area contributed by atoms with Crippen LogP contribution in [0.25, 0.3) is 0 Å². The molecule has 9 heteroatoms. The first-order chi connectivity index (χ1) is 13.0. The van der Waals surface area contributed by atoms with Gasteiger partial charge in [0.05, 0.1) is 4.92 Å². The standard InChI is InChI=1S/C18H20FN5O3/c19-14-4-5-16(24(26)27)15(13-14)20-8-6-18(25)23-11-9-22(10-12-23)17-3-1-2-7-21-17/h1-5,7,13,20H,6,8-12H2. The molecule has 0 saturated carbocycles. The Balaban J connectivity index is 1.48. The summed E-state index contributed by atoms with van der Waals surface area (Å²) in [6.45, 7) is 2.78. The van der Waals surface area contributed by atoms with Crippen molar-refractivity contribution in [3.05, 3.63) is 58.5 Å². The minimum absolute atomic E-state index is 0.0396. The molecule has 0 bridgehead atoms. The SMILES string of the molecule is O=C(CCNc1cc(F)ccc1[N+](=O)[O-])N1CCN(c2ccccn2)CC1. The number of halogens is 1. The molecule has 8 nitrogen and oxygen atoms in total. The van der Waals surface area contributed by atoms with E-state index in [1.54, 1.807) is 11.1 Å². The summed E-state index contributed by atoms with van der Waals surface area (Å²) in [6.07, 6.45) is 1.92. The third-order valence-corrected chi connectivity index (χ3v) is 4.42. The van der Waals surface area contributed by atoms with E-state index in [0.29, 0.717) is 26.2 Å². The van der Waals surface area contributed by atoms with Gasteiger partial charge in [0.1, 0.15) is 17.3 Å². The van der Waals surface area contributed by atoms with Crippen molar-refractivity contribution in [1.82, 2.24) is 9.88 Å². The Kier molecular flexibility index (Phi) is 5.80. The molecule has 1 aliphatic heterocycles. The van der Waals surface area contributed by atoms with Crippen molar-refractivity contribution in [2.75, 3.05) is 42.9 Å². The Hall–Kier alpha value is -3.23. The summed E-state index contributed by atoms with van der Waals surface area (Å²) < 4.78 is 13.3. The second-order valence-electron chi connectivity index (χ2n) is 6.15. The monoisotopic (exact) mass is 373 g/mol. The molecule has 2 aromatic rings. The van der Waals surface area contributed by atoms with Crippen molar-refractivity contribution in [3.63, 3.8) is 0 Å². The lowest BCUT2D eigenvalue weighted by Gasteiger charge is -2.35. The number of hydrogen-bond acceptors (Lipinski definition) is 6. The van der Waals surface area contributed by atoms with Crippen LogP contribution >= 0.6 is 0 Å². The lowest BCUT2D eigenvalue weighted by Crippen LogP contribution is -2.49. The average Bonchev–Trinajstić information content (AvgIpc) is 2.68. The molecule has 0 aliphatic carbocycles. The smallest absolute Gasteiger partial charge is 0.292 e. The van der Waals surface area contributed by atoms with E-state index in [-0.39, 0.29) is 30.2 Å². The number of nitrogens with one attached hydrogen (secondary N) is 1. The van der Waals surface area contributed by atoms with E-state index in [0.717, 1.165) is 24.0 Å². The van der Waals surface area contributed by atoms with Crippen LogP contribution in [0.1, 0.15) is 6.42 Å². The van der Waals surface area contributed by atoms with E-state index in [1.807, 2.05) is 18.2 Å². The Morgan fingerprint density at radius 3 is 2.67 bits per heavy atom. The highest BCUT2D eigenvalue weighted by atomic mass is 19.1. The van der Waals surface area contributed by atoms with Crippen LogP contribution in [0.4, 0.5) is 21.6 Å². The maximum atomic E-state index is 13.3. The molecule has 1 aromatic heterocycles. The number of piperazine rings is 1. The third kappa shape index (κ3) is 4.69. The maximum absolute atomic E-state index is 13.3. The highest BCUT2D eigenvalue weighted by Gasteiger charge is 2.22. The van der Waals surface area contributed by atoms with Gasteiger partial charge in [0.25, 0.3) is 5.69 Å². The number of anilines is 2.